The van der Waals surface area contributed by atoms with Gasteiger partial charge in [-0.1, -0.05) is 27.7 Å². The summed E-state index contributed by atoms with van der Waals surface area (Å²) in [6.45, 7) is 10.6. The summed E-state index contributed by atoms with van der Waals surface area (Å²) in [4.78, 5) is 0. The number of rotatable bonds is 2. The first-order chi connectivity index (χ1) is 8.50. The fraction of sp³-hybridized carbons (Fsp3) is 1.00. The van der Waals surface area contributed by atoms with Crippen LogP contribution in [0.3, 0.4) is 0 Å². The van der Waals surface area contributed by atoms with Gasteiger partial charge in [-0.2, -0.15) is 0 Å². The molecule has 2 saturated carbocycles. The summed E-state index contributed by atoms with van der Waals surface area (Å²) in [6, 6.07) is 1.43. The van der Waals surface area contributed by atoms with Crippen LogP contribution < -0.4 is 5.32 Å². The minimum Gasteiger partial charge on any atom is -0.377 e. The molecule has 1 N–H and O–H groups in total. The molecule has 1 aliphatic heterocycles. The van der Waals surface area contributed by atoms with Crippen molar-refractivity contribution in [2.75, 3.05) is 6.61 Å². The number of nitrogens with one attached hydrogen (secondary N) is 1. The zero-order valence-corrected chi connectivity index (χ0v) is 12.4. The maximum absolute atomic E-state index is 5.89. The van der Waals surface area contributed by atoms with Gasteiger partial charge in [-0.05, 0) is 37.5 Å². The van der Waals surface area contributed by atoms with Gasteiger partial charge in [0.05, 0.1) is 6.10 Å². The number of hydrogen-bond donors (Lipinski definition) is 1. The maximum atomic E-state index is 5.89. The van der Waals surface area contributed by atoms with E-state index in [1.807, 2.05) is 0 Å². The van der Waals surface area contributed by atoms with E-state index < -0.39 is 0 Å². The van der Waals surface area contributed by atoms with Gasteiger partial charge in [0.25, 0.3) is 0 Å². The second kappa shape index (κ2) is 4.49. The van der Waals surface area contributed by atoms with Crippen molar-refractivity contribution in [2.45, 2.75) is 71.6 Å². The molecule has 6 unspecified atom stereocenters. The molecular formula is C16H29NO. The van der Waals surface area contributed by atoms with Crippen LogP contribution >= 0.6 is 0 Å². The van der Waals surface area contributed by atoms with Crippen molar-refractivity contribution < 1.29 is 4.74 Å². The van der Waals surface area contributed by atoms with Crippen LogP contribution in [-0.4, -0.2) is 24.8 Å². The van der Waals surface area contributed by atoms with Crippen LogP contribution in [0.4, 0.5) is 0 Å². The van der Waals surface area contributed by atoms with Gasteiger partial charge in [-0.3, -0.25) is 0 Å². The van der Waals surface area contributed by atoms with E-state index in [0.29, 0.717) is 17.6 Å². The maximum Gasteiger partial charge on any atom is 0.0685 e. The zero-order valence-electron chi connectivity index (χ0n) is 12.4. The topological polar surface area (TPSA) is 21.3 Å². The number of ether oxygens (including phenoxy) is 1. The summed E-state index contributed by atoms with van der Waals surface area (Å²) in [7, 11) is 0. The Hall–Kier alpha value is -0.0800. The molecule has 3 rings (SSSR count). The molecule has 104 valence electrons. The third-order valence-electron chi connectivity index (χ3n) is 5.93. The Morgan fingerprint density at radius 1 is 1.11 bits per heavy atom. The minimum atomic E-state index is 0.337. The third kappa shape index (κ3) is 1.92. The standard InChI is InChI=1S/C16H29NO/c1-10-5-6-13(11(2)9-10)17-14-12-7-8-18-15(12)16(14,3)4/h10-15,17H,5-9H2,1-4H3. The Labute approximate surface area is 112 Å². The summed E-state index contributed by atoms with van der Waals surface area (Å²) >= 11 is 0. The number of hydrogen-bond acceptors (Lipinski definition) is 2. The van der Waals surface area contributed by atoms with Crippen molar-refractivity contribution in [3.8, 4) is 0 Å². The van der Waals surface area contributed by atoms with E-state index in [-0.39, 0.29) is 0 Å². The smallest absolute Gasteiger partial charge is 0.0685 e. The predicted molar refractivity (Wildman–Crippen MR) is 74.5 cm³/mol. The second-order valence-corrected chi connectivity index (χ2v) is 7.71. The molecule has 6 atom stereocenters. The molecule has 0 bridgehead atoms. The zero-order chi connectivity index (χ0) is 12.9. The lowest BCUT2D eigenvalue weighted by Gasteiger charge is -2.56. The van der Waals surface area contributed by atoms with Crippen LogP contribution in [0.25, 0.3) is 0 Å². The van der Waals surface area contributed by atoms with Crippen LogP contribution in [0.15, 0.2) is 0 Å². The molecule has 2 heteroatoms. The lowest BCUT2D eigenvalue weighted by Crippen LogP contribution is -2.68. The molecule has 3 aliphatic rings. The van der Waals surface area contributed by atoms with Crippen LogP contribution in [-0.2, 0) is 4.74 Å². The van der Waals surface area contributed by atoms with Gasteiger partial charge in [0, 0.05) is 30.0 Å². The van der Waals surface area contributed by atoms with Crippen molar-refractivity contribution in [1.82, 2.24) is 5.32 Å². The Morgan fingerprint density at radius 2 is 1.89 bits per heavy atom. The van der Waals surface area contributed by atoms with E-state index in [4.69, 9.17) is 4.74 Å². The largest absolute Gasteiger partial charge is 0.377 e. The predicted octanol–water partition coefficient (Wildman–Crippen LogP) is 3.21. The van der Waals surface area contributed by atoms with Gasteiger partial charge in [0.1, 0.15) is 0 Å². The van der Waals surface area contributed by atoms with E-state index in [2.05, 4.69) is 33.0 Å². The molecule has 1 saturated heterocycles. The minimum absolute atomic E-state index is 0.337. The highest BCUT2D eigenvalue weighted by Crippen LogP contribution is 2.52. The van der Waals surface area contributed by atoms with E-state index in [1.54, 1.807) is 0 Å². The molecule has 0 aromatic rings. The van der Waals surface area contributed by atoms with Crippen molar-refractivity contribution in [3.05, 3.63) is 0 Å². The molecule has 0 aromatic carbocycles. The summed E-state index contributed by atoms with van der Waals surface area (Å²) in [5.74, 6) is 2.55. The molecular weight excluding hydrogens is 222 g/mol. The Bertz CT molecular complexity index is 314. The van der Waals surface area contributed by atoms with Crippen molar-refractivity contribution in [1.29, 1.82) is 0 Å². The highest BCUT2D eigenvalue weighted by atomic mass is 16.5. The first kappa shape index (κ1) is 12.9. The fourth-order valence-electron chi connectivity index (χ4n) is 4.81. The molecule has 18 heavy (non-hydrogen) atoms. The van der Waals surface area contributed by atoms with Gasteiger partial charge in [0.2, 0.25) is 0 Å². The lowest BCUT2D eigenvalue weighted by atomic mass is 9.57. The molecule has 2 nitrogen and oxygen atoms in total. The summed E-state index contributed by atoms with van der Waals surface area (Å²) in [6.07, 6.45) is 5.96. The van der Waals surface area contributed by atoms with E-state index >= 15 is 0 Å². The molecule has 3 fully saturated rings. The SMILES string of the molecule is CC1CCC(NC2C3CCOC3C2(C)C)C(C)C1. The molecule has 2 aliphatic carbocycles. The van der Waals surface area contributed by atoms with Gasteiger partial charge in [-0.15, -0.1) is 0 Å². The first-order valence-electron chi connectivity index (χ1n) is 7.88. The Balaban J connectivity index is 1.63. The van der Waals surface area contributed by atoms with Gasteiger partial charge < -0.3 is 10.1 Å². The third-order valence-corrected chi connectivity index (χ3v) is 5.93. The van der Waals surface area contributed by atoms with Crippen molar-refractivity contribution >= 4 is 0 Å². The summed E-state index contributed by atoms with van der Waals surface area (Å²) in [5.41, 5.74) is 0.337. The first-order valence-corrected chi connectivity index (χ1v) is 7.88. The monoisotopic (exact) mass is 251 g/mol. The molecule has 0 radical (unpaired) electrons. The summed E-state index contributed by atoms with van der Waals surface area (Å²) < 4.78 is 5.89. The number of fused-ring (bicyclic) bond motifs is 1. The quantitative estimate of drug-likeness (QED) is 0.813. The molecule has 0 spiro atoms. The normalized spacial score (nSPS) is 50.7. The van der Waals surface area contributed by atoms with Crippen LogP contribution in [0.5, 0.6) is 0 Å². The van der Waals surface area contributed by atoms with E-state index in [9.17, 15) is 0 Å². The second-order valence-electron chi connectivity index (χ2n) is 7.71. The average Bonchev–Trinajstić information content (AvgIpc) is 2.74. The van der Waals surface area contributed by atoms with Crippen LogP contribution in [0.1, 0.15) is 53.4 Å². The highest BCUT2D eigenvalue weighted by Gasteiger charge is 2.59. The summed E-state index contributed by atoms with van der Waals surface area (Å²) in [5, 5.41) is 4.01. The van der Waals surface area contributed by atoms with E-state index in [0.717, 1.165) is 30.4 Å². The van der Waals surface area contributed by atoms with E-state index in [1.165, 1.54) is 25.7 Å². The van der Waals surface area contributed by atoms with Gasteiger partial charge in [-0.25, -0.2) is 0 Å². The molecule has 1 heterocycles. The van der Waals surface area contributed by atoms with Crippen LogP contribution in [0, 0.1) is 23.2 Å². The van der Waals surface area contributed by atoms with Gasteiger partial charge >= 0.3 is 0 Å². The van der Waals surface area contributed by atoms with Gasteiger partial charge in [0.15, 0.2) is 0 Å². The molecule has 0 amide bonds. The highest BCUT2D eigenvalue weighted by molar-refractivity contribution is 5.12. The Kier molecular flexibility index (Phi) is 3.22. The molecule has 0 aromatic heterocycles. The Morgan fingerprint density at radius 3 is 2.61 bits per heavy atom. The average molecular weight is 251 g/mol. The fourth-order valence-corrected chi connectivity index (χ4v) is 4.81. The lowest BCUT2D eigenvalue weighted by molar-refractivity contribution is -0.118. The van der Waals surface area contributed by atoms with Crippen molar-refractivity contribution in [2.24, 2.45) is 23.2 Å². The van der Waals surface area contributed by atoms with Crippen molar-refractivity contribution in [3.63, 3.8) is 0 Å². The van der Waals surface area contributed by atoms with Crippen LogP contribution in [0.2, 0.25) is 0 Å².